The van der Waals surface area contributed by atoms with Crippen LogP contribution in [0.2, 0.25) is 0 Å². The lowest BCUT2D eigenvalue weighted by Crippen LogP contribution is -2.44. The molecule has 0 saturated carbocycles. The largest absolute Gasteiger partial charge is 0.377 e. The zero-order chi connectivity index (χ0) is 17.3. The maximum atomic E-state index is 12.8. The molecule has 132 valence electrons. The van der Waals surface area contributed by atoms with Crippen LogP contribution in [0.3, 0.4) is 0 Å². The number of ether oxygens (including phenoxy) is 1. The predicted molar refractivity (Wildman–Crippen MR) is 90.5 cm³/mol. The van der Waals surface area contributed by atoms with Gasteiger partial charge in [0.15, 0.2) is 0 Å². The Morgan fingerprint density at radius 2 is 1.96 bits per heavy atom. The van der Waals surface area contributed by atoms with Gasteiger partial charge in [0.2, 0.25) is 5.91 Å². The van der Waals surface area contributed by atoms with Crippen molar-refractivity contribution in [3.8, 4) is 0 Å². The standard InChI is InChI=1S/C18H27N3O3/c1-12(2)21-8-3-4-15(21)18(23)20-9-5-13(6-10-20)16-14(17(19)22)7-11-24-16/h3-4,8,12-14,16H,5-7,9-11H2,1-2H3,(H2,19,22)/t14-,16+/m0/s1. The highest BCUT2D eigenvalue weighted by molar-refractivity contribution is 5.92. The maximum absolute atomic E-state index is 12.8. The molecule has 0 bridgehead atoms. The van der Waals surface area contributed by atoms with Crippen molar-refractivity contribution < 1.29 is 14.3 Å². The summed E-state index contributed by atoms with van der Waals surface area (Å²) < 4.78 is 7.79. The Morgan fingerprint density at radius 3 is 2.58 bits per heavy atom. The minimum Gasteiger partial charge on any atom is -0.377 e. The number of nitrogens with zero attached hydrogens (tertiary/aromatic N) is 2. The Bertz CT molecular complexity index is 602. The first-order chi connectivity index (χ1) is 11.5. The summed E-state index contributed by atoms with van der Waals surface area (Å²) in [6.45, 7) is 6.17. The van der Waals surface area contributed by atoms with E-state index in [1.54, 1.807) is 0 Å². The van der Waals surface area contributed by atoms with E-state index in [2.05, 4.69) is 13.8 Å². The van der Waals surface area contributed by atoms with E-state index in [1.807, 2.05) is 27.8 Å². The first-order valence-corrected chi connectivity index (χ1v) is 8.86. The summed E-state index contributed by atoms with van der Waals surface area (Å²) in [6.07, 6.45) is 4.33. The van der Waals surface area contributed by atoms with E-state index in [-0.39, 0.29) is 29.9 Å². The number of hydrogen-bond donors (Lipinski definition) is 1. The normalized spacial score (nSPS) is 25.4. The topological polar surface area (TPSA) is 77.6 Å². The van der Waals surface area contributed by atoms with Gasteiger partial charge >= 0.3 is 0 Å². The second-order valence-corrected chi connectivity index (χ2v) is 7.16. The third kappa shape index (κ3) is 3.20. The number of nitrogens with two attached hydrogens (primary N) is 1. The van der Waals surface area contributed by atoms with E-state index < -0.39 is 0 Å². The van der Waals surface area contributed by atoms with Crippen LogP contribution >= 0.6 is 0 Å². The molecule has 2 N–H and O–H groups in total. The monoisotopic (exact) mass is 333 g/mol. The van der Waals surface area contributed by atoms with Crippen LogP contribution in [0.1, 0.15) is 49.6 Å². The van der Waals surface area contributed by atoms with Crippen LogP contribution in [0.15, 0.2) is 18.3 Å². The van der Waals surface area contributed by atoms with E-state index in [4.69, 9.17) is 10.5 Å². The molecule has 3 heterocycles. The molecule has 0 spiro atoms. The van der Waals surface area contributed by atoms with Gasteiger partial charge in [-0.25, -0.2) is 0 Å². The third-order valence-electron chi connectivity index (χ3n) is 5.35. The smallest absolute Gasteiger partial charge is 0.270 e. The lowest BCUT2D eigenvalue weighted by Gasteiger charge is -2.36. The lowest BCUT2D eigenvalue weighted by molar-refractivity contribution is -0.124. The van der Waals surface area contributed by atoms with Crippen LogP contribution in [-0.2, 0) is 9.53 Å². The van der Waals surface area contributed by atoms with Gasteiger partial charge in [-0.3, -0.25) is 9.59 Å². The molecule has 6 heteroatoms. The minimum atomic E-state index is -0.259. The molecule has 24 heavy (non-hydrogen) atoms. The molecule has 2 fully saturated rings. The summed E-state index contributed by atoms with van der Waals surface area (Å²) in [5.41, 5.74) is 6.24. The molecular formula is C18H27N3O3. The van der Waals surface area contributed by atoms with Gasteiger partial charge in [0.25, 0.3) is 5.91 Å². The Morgan fingerprint density at radius 1 is 1.25 bits per heavy atom. The first-order valence-electron chi connectivity index (χ1n) is 8.86. The number of primary amides is 1. The number of amides is 2. The van der Waals surface area contributed by atoms with Crippen molar-refractivity contribution >= 4 is 11.8 Å². The van der Waals surface area contributed by atoms with Crippen molar-refractivity contribution in [1.82, 2.24) is 9.47 Å². The van der Waals surface area contributed by atoms with E-state index in [0.717, 1.165) is 25.0 Å². The van der Waals surface area contributed by atoms with E-state index in [0.29, 0.717) is 25.6 Å². The quantitative estimate of drug-likeness (QED) is 0.913. The van der Waals surface area contributed by atoms with E-state index in [1.165, 1.54) is 0 Å². The van der Waals surface area contributed by atoms with Crippen LogP contribution < -0.4 is 5.73 Å². The molecule has 2 amide bonds. The minimum absolute atomic E-state index is 0.0701. The molecule has 0 unspecified atom stereocenters. The fourth-order valence-corrected chi connectivity index (χ4v) is 4.00. The third-order valence-corrected chi connectivity index (χ3v) is 5.35. The second-order valence-electron chi connectivity index (χ2n) is 7.16. The molecule has 6 nitrogen and oxygen atoms in total. The van der Waals surface area contributed by atoms with Crippen molar-refractivity contribution in [1.29, 1.82) is 0 Å². The van der Waals surface area contributed by atoms with Crippen molar-refractivity contribution in [2.45, 2.75) is 45.3 Å². The average Bonchev–Trinajstić information content (AvgIpc) is 3.23. The summed E-state index contributed by atoms with van der Waals surface area (Å²) in [4.78, 5) is 26.3. The number of piperidine rings is 1. The van der Waals surface area contributed by atoms with Crippen LogP contribution in [0.25, 0.3) is 0 Å². The van der Waals surface area contributed by atoms with Crippen LogP contribution in [0, 0.1) is 11.8 Å². The highest BCUT2D eigenvalue weighted by atomic mass is 16.5. The molecule has 2 aliphatic heterocycles. The van der Waals surface area contributed by atoms with E-state index >= 15 is 0 Å². The molecular weight excluding hydrogens is 306 g/mol. The van der Waals surface area contributed by atoms with Gasteiger partial charge in [-0.05, 0) is 51.2 Å². The van der Waals surface area contributed by atoms with Gasteiger partial charge in [0.05, 0.1) is 12.0 Å². The zero-order valence-electron chi connectivity index (χ0n) is 14.5. The number of aromatic nitrogens is 1. The predicted octanol–water partition coefficient (Wildman–Crippen LogP) is 1.81. The molecule has 1 aromatic rings. The second kappa shape index (κ2) is 6.97. The van der Waals surface area contributed by atoms with Gasteiger partial charge in [-0.2, -0.15) is 0 Å². The fraction of sp³-hybridized carbons (Fsp3) is 0.667. The molecule has 2 saturated heterocycles. The van der Waals surface area contributed by atoms with Gasteiger partial charge in [0, 0.05) is 31.9 Å². The number of likely N-dealkylation sites (tertiary alicyclic amines) is 1. The Kier molecular flexibility index (Phi) is 4.94. The van der Waals surface area contributed by atoms with Gasteiger partial charge in [-0.15, -0.1) is 0 Å². The molecule has 0 radical (unpaired) electrons. The number of hydrogen-bond acceptors (Lipinski definition) is 3. The van der Waals surface area contributed by atoms with Crippen molar-refractivity contribution in [2.24, 2.45) is 17.6 Å². The number of carbonyl (C=O) groups excluding carboxylic acids is 2. The highest BCUT2D eigenvalue weighted by Crippen LogP contribution is 2.33. The number of carbonyl (C=O) groups is 2. The zero-order valence-corrected chi connectivity index (χ0v) is 14.5. The van der Waals surface area contributed by atoms with Crippen molar-refractivity contribution in [3.63, 3.8) is 0 Å². The Balaban J connectivity index is 1.62. The van der Waals surface area contributed by atoms with Crippen molar-refractivity contribution in [3.05, 3.63) is 24.0 Å². The lowest BCUT2D eigenvalue weighted by atomic mass is 9.84. The summed E-state index contributed by atoms with van der Waals surface area (Å²) in [5, 5.41) is 0. The molecule has 0 aliphatic carbocycles. The van der Waals surface area contributed by atoms with E-state index in [9.17, 15) is 9.59 Å². The van der Waals surface area contributed by atoms with Gasteiger partial charge < -0.3 is 19.9 Å². The van der Waals surface area contributed by atoms with Crippen LogP contribution in [0.4, 0.5) is 0 Å². The summed E-state index contributed by atoms with van der Waals surface area (Å²) in [7, 11) is 0. The highest BCUT2D eigenvalue weighted by Gasteiger charge is 2.40. The summed E-state index contributed by atoms with van der Waals surface area (Å²) in [5.74, 6) is -0.0296. The molecule has 0 aromatic carbocycles. The van der Waals surface area contributed by atoms with Crippen LogP contribution in [0.5, 0.6) is 0 Å². The maximum Gasteiger partial charge on any atom is 0.270 e. The Hall–Kier alpha value is -1.82. The number of rotatable bonds is 4. The van der Waals surface area contributed by atoms with Gasteiger partial charge in [-0.1, -0.05) is 0 Å². The van der Waals surface area contributed by atoms with Gasteiger partial charge in [0.1, 0.15) is 5.69 Å². The summed E-state index contributed by atoms with van der Waals surface area (Å²) in [6, 6.07) is 4.07. The molecule has 3 rings (SSSR count). The summed E-state index contributed by atoms with van der Waals surface area (Å²) >= 11 is 0. The molecule has 1 aromatic heterocycles. The molecule has 2 atom stereocenters. The van der Waals surface area contributed by atoms with Crippen LogP contribution in [-0.4, -0.2) is 47.1 Å². The Labute approximate surface area is 142 Å². The fourth-order valence-electron chi connectivity index (χ4n) is 4.00. The average molecular weight is 333 g/mol. The SMILES string of the molecule is CC(C)n1cccc1C(=O)N1CCC([C@H]2OCC[C@@H]2C(N)=O)CC1. The first kappa shape index (κ1) is 17.0. The molecule has 2 aliphatic rings. The van der Waals surface area contributed by atoms with Crippen molar-refractivity contribution in [2.75, 3.05) is 19.7 Å².